The number of ether oxygens (including phenoxy) is 1. The molecule has 1 aliphatic rings. The van der Waals surface area contributed by atoms with E-state index in [0.29, 0.717) is 35.5 Å². The van der Waals surface area contributed by atoms with Crippen molar-refractivity contribution in [2.24, 2.45) is 0 Å². The number of nitrogens with one attached hydrogen (secondary N) is 2. The van der Waals surface area contributed by atoms with Crippen LogP contribution in [0.15, 0.2) is 12.1 Å². The molecule has 0 heterocycles. The van der Waals surface area contributed by atoms with Gasteiger partial charge in [0.05, 0.1) is 12.8 Å². The van der Waals surface area contributed by atoms with E-state index in [4.69, 9.17) is 16.3 Å². The molecule has 2 N–H and O–H groups in total. The first-order valence-corrected chi connectivity index (χ1v) is 6.85. The van der Waals surface area contributed by atoms with Gasteiger partial charge in [-0.1, -0.05) is 11.6 Å². The molecule has 0 aliphatic heterocycles. The Labute approximate surface area is 118 Å². The first kappa shape index (κ1) is 14.2. The lowest BCUT2D eigenvalue weighted by Crippen LogP contribution is -2.23. The Balaban J connectivity index is 1.92. The van der Waals surface area contributed by atoms with Gasteiger partial charge in [-0.05, 0) is 31.4 Å². The third kappa shape index (κ3) is 4.11. The molecule has 4 nitrogen and oxygen atoms in total. The second kappa shape index (κ2) is 6.26. The number of halogens is 1. The summed E-state index contributed by atoms with van der Waals surface area (Å²) in [4.78, 5) is 11.8. The van der Waals surface area contributed by atoms with Crippen molar-refractivity contribution < 1.29 is 9.53 Å². The summed E-state index contributed by atoms with van der Waals surface area (Å²) in [7, 11) is 1.56. The highest BCUT2D eigenvalue weighted by Crippen LogP contribution is 2.30. The quantitative estimate of drug-likeness (QED) is 0.843. The third-order valence-electron chi connectivity index (χ3n) is 3.12. The number of carbonyl (C=O) groups is 1. The van der Waals surface area contributed by atoms with Crippen LogP contribution in [-0.2, 0) is 4.79 Å². The predicted octanol–water partition coefficient (Wildman–Crippen LogP) is 2.74. The van der Waals surface area contributed by atoms with Crippen molar-refractivity contribution in [1.82, 2.24) is 5.32 Å². The summed E-state index contributed by atoms with van der Waals surface area (Å²) in [5.41, 5.74) is 1.58. The minimum absolute atomic E-state index is 0.0202. The molecule has 1 aromatic rings. The van der Waals surface area contributed by atoms with E-state index in [1.165, 1.54) is 12.8 Å². The van der Waals surface area contributed by atoms with Gasteiger partial charge in [0.2, 0.25) is 5.91 Å². The molecule has 0 atom stereocenters. The number of amides is 1. The molecule has 2 rings (SSSR count). The molecule has 0 aromatic heterocycles. The van der Waals surface area contributed by atoms with Crippen LogP contribution in [0.5, 0.6) is 5.75 Å². The number of carbonyl (C=O) groups excluding carboxylic acids is 1. The molecule has 104 valence electrons. The number of rotatable bonds is 6. The SMILES string of the molecule is COc1cc(Cl)c(C)cc1NC(=O)CCNC1CC1. The summed E-state index contributed by atoms with van der Waals surface area (Å²) >= 11 is 6.02. The first-order valence-electron chi connectivity index (χ1n) is 6.47. The van der Waals surface area contributed by atoms with E-state index >= 15 is 0 Å². The van der Waals surface area contributed by atoms with Gasteiger partial charge in [0.1, 0.15) is 5.75 Å². The van der Waals surface area contributed by atoms with E-state index < -0.39 is 0 Å². The molecule has 1 saturated carbocycles. The largest absolute Gasteiger partial charge is 0.495 e. The fraction of sp³-hybridized carbons (Fsp3) is 0.500. The van der Waals surface area contributed by atoms with Gasteiger partial charge in [0, 0.05) is 30.1 Å². The normalized spacial score (nSPS) is 14.3. The highest BCUT2D eigenvalue weighted by atomic mass is 35.5. The summed E-state index contributed by atoms with van der Waals surface area (Å²) in [6.07, 6.45) is 2.92. The van der Waals surface area contributed by atoms with E-state index in [1.54, 1.807) is 13.2 Å². The molecule has 0 unspecified atom stereocenters. The Morgan fingerprint density at radius 3 is 2.84 bits per heavy atom. The fourth-order valence-electron chi connectivity index (χ4n) is 1.82. The summed E-state index contributed by atoms with van der Waals surface area (Å²) in [6.45, 7) is 2.61. The predicted molar refractivity (Wildman–Crippen MR) is 77.0 cm³/mol. The lowest BCUT2D eigenvalue weighted by atomic mass is 10.2. The Morgan fingerprint density at radius 1 is 1.47 bits per heavy atom. The Morgan fingerprint density at radius 2 is 2.21 bits per heavy atom. The standard InChI is InChI=1S/C14H19ClN2O2/c1-9-7-12(13(19-2)8-11(9)15)17-14(18)5-6-16-10-3-4-10/h7-8,10,16H,3-6H2,1-2H3,(H,17,18). The van der Waals surface area contributed by atoms with Gasteiger partial charge < -0.3 is 15.4 Å². The zero-order chi connectivity index (χ0) is 13.8. The Kier molecular flexibility index (Phi) is 4.66. The summed E-state index contributed by atoms with van der Waals surface area (Å²) < 4.78 is 5.22. The van der Waals surface area contributed by atoms with Gasteiger partial charge in [-0.25, -0.2) is 0 Å². The maximum Gasteiger partial charge on any atom is 0.225 e. The van der Waals surface area contributed by atoms with Crippen LogP contribution >= 0.6 is 11.6 Å². The van der Waals surface area contributed by atoms with Crippen molar-refractivity contribution in [3.8, 4) is 5.75 Å². The number of methoxy groups -OCH3 is 1. The molecule has 0 saturated heterocycles. The van der Waals surface area contributed by atoms with Gasteiger partial charge in [0.25, 0.3) is 0 Å². The molecule has 5 heteroatoms. The monoisotopic (exact) mass is 282 g/mol. The molecule has 0 bridgehead atoms. The second-order valence-electron chi connectivity index (χ2n) is 4.83. The maximum atomic E-state index is 11.8. The van der Waals surface area contributed by atoms with E-state index in [-0.39, 0.29) is 5.91 Å². The zero-order valence-electron chi connectivity index (χ0n) is 11.3. The molecular formula is C14H19ClN2O2. The second-order valence-corrected chi connectivity index (χ2v) is 5.24. The number of anilines is 1. The van der Waals surface area contributed by atoms with Crippen molar-refractivity contribution in [2.75, 3.05) is 19.0 Å². The highest BCUT2D eigenvalue weighted by molar-refractivity contribution is 6.31. The third-order valence-corrected chi connectivity index (χ3v) is 3.52. The van der Waals surface area contributed by atoms with Crippen molar-refractivity contribution in [3.05, 3.63) is 22.7 Å². The van der Waals surface area contributed by atoms with Crippen LogP contribution in [0, 0.1) is 6.92 Å². The lowest BCUT2D eigenvalue weighted by molar-refractivity contribution is -0.116. The molecule has 1 aliphatic carbocycles. The van der Waals surface area contributed by atoms with Crippen molar-refractivity contribution in [3.63, 3.8) is 0 Å². The smallest absolute Gasteiger partial charge is 0.225 e. The summed E-state index contributed by atoms with van der Waals surface area (Å²) in [5, 5.41) is 6.80. The fourth-order valence-corrected chi connectivity index (χ4v) is 1.97. The van der Waals surface area contributed by atoms with E-state index in [2.05, 4.69) is 10.6 Å². The van der Waals surface area contributed by atoms with Gasteiger partial charge in [0.15, 0.2) is 0 Å². The summed E-state index contributed by atoms with van der Waals surface area (Å²) in [5.74, 6) is 0.562. The maximum absolute atomic E-state index is 11.8. The molecule has 0 spiro atoms. The molecular weight excluding hydrogens is 264 g/mol. The average molecular weight is 283 g/mol. The Hall–Kier alpha value is -1.26. The van der Waals surface area contributed by atoms with E-state index in [0.717, 1.165) is 5.56 Å². The van der Waals surface area contributed by atoms with Crippen LogP contribution in [0.1, 0.15) is 24.8 Å². The van der Waals surface area contributed by atoms with Gasteiger partial charge >= 0.3 is 0 Å². The van der Waals surface area contributed by atoms with Crippen LogP contribution in [-0.4, -0.2) is 25.6 Å². The summed E-state index contributed by atoms with van der Waals surface area (Å²) in [6, 6.07) is 4.17. The van der Waals surface area contributed by atoms with Crippen molar-refractivity contribution in [2.45, 2.75) is 32.2 Å². The number of benzene rings is 1. The van der Waals surface area contributed by atoms with Gasteiger partial charge in [-0.3, -0.25) is 4.79 Å². The van der Waals surface area contributed by atoms with Crippen molar-refractivity contribution in [1.29, 1.82) is 0 Å². The molecule has 0 radical (unpaired) electrons. The van der Waals surface area contributed by atoms with E-state index in [9.17, 15) is 4.79 Å². The van der Waals surface area contributed by atoms with Crippen LogP contribution in [0.3, 0.4) is 0 Å². The molecule has 1 amide bonds. The van der Waals surface area contributed by atoms with Gasteiger partial charge in [-0.15, -0.1) is 0 Å². The van der Waals surface area contributed by atoms with Crippen LogP contribution < -0.4 is 15.4 Å². The van der Waals surface area contributed by atoms with Crippen LogP contribution in [0.2, 0.25) is 5.02 Å². The molecule has 1 fully saturated rings. The number of aryl methyl sites for hydroxylation is 1. The number of hydrogen-bond donors (Lipinski definition) is 2. The highest BCUT2D eigenvalue weighted by Gasteiger charge is 2.20. The minimum atomic E-state index is -0.0202. The van der Waals surface area contributed by atoms with Crippen LogP contribution in [0.4, 0.5) is 5.69 Å². The molecule has 1 aromatic carbocycles. The minimum Gasteiger partial charge on any atom is -0.495 e. The lowest BCUT2D eigenvalue weighted by Gasteiger charge is -2.12. The first-order chi connectivity index (χ1) is 9.10. The van der Waals surface area contributed by atoms with Crippen molar-refractivity contribution >= 4 is 23.2 Å². The topological polar surface area (TPSA) is 50.4 Å². The number of hydrogen-bond acceptors (Lipinski definition) is 3. The average Bonchev–Trinajstić information content (AvgIpc) is 3.17. The van der Waals surface area contributed by atoms with E-state index in [1.807, 2.05) is 13.0 Å². The van der Waals surface area contributed by atoms with Crippen LogP contribution in [0.25, 0.3) is 0 Å². The Bertz CT molecular complexity index is 473. The molecule has 19 heavy (non-hydrogen) atoms. The van der Waals surface area contributed by atoms with Gasteiger partial charge in [-0.2, -0.15) is 0 Å². The zero-order valence-corrected chi connectivity index (χ0v) is 12.0.